The topological polar surface area (TPSA) is 69.0 Å². The van der Waals surface area contributed by atoms with Gasteiger partial charge in [-0.05, 0) is 41.8 Å². The second kappa shape index (κ2) is 9.60. The lowest BCUT2D eigenvalue weighted by Gasteiger charge is -2.13. The molecule has 0 saturated carbocycles. The molecule has 4 heterocycles. The molecule has 0 spiro atoms. The van der Waals surface area contributed by atoms with Crippen molar-refractivity contribution in [3.8, 4) is 22.5 Å². The van der Waals surface area contributed by atoms with E-state index in [-0.39, 0.29) is 0 Å². The molecule has 0 bridgehead atoms. The summed E-state index contributed by atoms with van der Waals surface area (Å²) < 4.78 is 7.17. The van der Waals surface area contributed by atoms with E-state index in [0.29, 0.717) is 6.42 Å². The Morgan fingerprint density at radius 1 is 1.06 bits per heavy atom. The third kappa shape index (κ3) is 4.69. The highest BCUT2D eigenvalue weighted by molar-refractivity contribution is 5.78. The minimum Gasteiger partial charge on any atom is -0.383 e. The lowest BCUT2D eigenvalue weighted by atomic mass is 10.0. The van der Waals surface area contributed by atoms with E-state index in [1.165, 1.54) is 16.7 Å². The molecule has 0 radical (unpaired) electrons. The van der Waals surface area contributed by atoms with E-state index in [0.717, 1.165) is 61.1 Å². The van der Waals surface area contributed by atoms with Crippen LogP contribution in [0.15, 0.2) is 61.2 Å². The molecule has 7 nitrogen and oxygen atoms in total. The van der Waals surface area contributed by atoms with Crippen molar-refractivity contribution in [3.05, 3.63) is 83.7 Å². The molecule has 1 aliphatic rings. The van der Waals surface area contributed by atoms with Crippen LogP contribution in [0.4, 0.5) is 0 Å². The minimum atomic E-state index is 0.698. The molecule has 7 heteroatoms. The summed E-state index contributed by atoms with van der Waals surface area (Å²) in [6, 6.07) is 12.7. The lowest BCUT2D eigenvalue weighted by Crippen LogP contribution is -2.21. The number of pyridine rings is 1. The SMILES string of the molecule is CCn1cc(-c2ccnc(Cc3ccc4c(c3)CN(CCOC)C4)n2)c(-c2cccnc2)n1. The number of hydrogen-bond donors (Lipinski definition) is 0. The summed E-state index contributed by atoms with van der Waals surface area (Å²) in [5, 5.41) is 4.76. The molecule has 0 atom stereocenters. The van der Waals surface area contributed by atoms with Gasteiger partial charge in [0.2, 0.25) is 0 Å². The molecule has 4 aromatic rings. The third-order valence-corrected chi connectivity index (χ3v) is 6.03. The molecule has 0 saturated heterocycles. The highest BCUT2D eigenvalue weighted by atomic mass is 16.5. The van der Waals surface area contributed by atoms with Gasteiger partial charge in [0, 0.05) is 75.6 Å². The predicted molar refractivity (Wildman–Crippen MR) is 127 cm³/mol. The summed E-state index contributed by atoms with van der Waals surface area (Å²) in [6.45, 7) is 6.55. The van der Waals surface area contributed by atoms with Crippen LogP contribution >= 0.6 is 0 Å². The van der Waals surface area contributed by atoms with Gasteiger partial charge in [0.15, 0.2) is 0 Å². The Balaban J connectivity index is 1.39. The fraction of sp³-hybridized carbons (Fsp3) is 0.308. The van der Waals surface area contributed by atoms with E-state index in [9.17, 15) is 0 Å². The smallest absolute Gasteiger partial charge is 0.133 e. The fourth-order valence-corrected chi connectivity index (χ4v) is 4.31. The number of ether oxygens (including phenoxy) is 1. The molecule has 0 unspecified atom stereocenters. The first-order valence-corrected chi connectivity index (χ1v) is 11.4. The van der Waals surface area contributed by atoms with Crippen LogP contribution in [0.25, 0.3) is 22.5 Å². The van der Waals surface area contributed by atoms with Crippen LogP contribution in [-0.4, -0.2) is 49.9 Å². The quantitative estimate of drug-likeness (QED) is 0.413. The molecule has 0 fully saturated rings. The van der Waals surface area contributed by atoms with Crippen molar-refractivity contribution < 1.29 is 4.74 Å². The zero-order chi connectivity index (χ0) is 22.6. The highest BCUT2D eigenvalue weighted by Gasteiger charge is 2.19. The average molecular weight is 441 g/mol. The molecule has 33 heavy (non-hydrogen) atoms. The van der Waals surface area contributed by atoms with Crippen molar-refractivity contribution in [2.24, 2.45) is 0 Å². The molecule has 1 aromatic carbocycles. The summed E-state index contributed by atoms with van der Waals surface area (Å²) in [5.74, 6) is 0.808. The van der Waals surface area contributed by atoms with Gasteiger partial charge in [-0.15, -0.1) is 0 Å². The number of fused-ring (bicyclic) bond motifs is 1. The predicted octanol–water partition coefficient (Wildman–Crippen LogP) is 3.97. The number of aromatic nitrogens is 5. The van der Waals surface area contributed by atoms with Crippen molar-refractivity contribution in [1.29, 1.82) is 0 Å². The highest BCUT2D eigenvalue weighted by Crippen LogP contribution is 2.30. The maximum Gasteiger partial charge on any atom is 0.133 e. The van der Waals surface area contributed by atoms with E-state index in [1.54, 1.807) is 13.3 Å². The first-order valence-electron chi connectivity index (χ1n) is 11.4. The van der Waals surface area contributed by atoms with Gasteiger partial charge in [-0.3, -0.25) is 14.6 Å². The number of rotatable bonds is 8. The summed E-state index contributed by atoms with van der Waals surface area (Å²) in [4.78, 5) is 16.1. The molecule has 0 amide bonds. The Hall–Kier alpha value is -3.42. The standard InChI is InChI=1S/C26H28N6O/c1-3-32-18-23(26(30-32)20-5-4-9-27-15-20)24-8-10-28-25(29-24)14-19-6-7-21-16-31(11-12-33-2)17-22(21)13-19/h4-10,13,15,18H,3,11-12,14,16-17H2,1-2H3. The van der Waals surface area contributed by atoms with Gasteiger partial charge in [0.25, 0.3) is 0 Å². The Labute approximate surface area is 194 Å². The van der Waals surface area contributed by atoms with Crippen LogP contribution in [0.3, 0.4) is 0 Å². The van der Waals surface area contributed by atoms with Gasteiger partial charge in [-0.1, -0.05) is 18.2 Å². The van der Waals surface area contributed by atoms with Gasteiger partial charge in [-0.2, -0.15) is 5.10 Å². The van der Waals surface area contributed by atoms with E-state index in [1.807, 2.05) is 35.3 Å². The van der Waals surface area contributed by atoms with E-state index in [2.05, 4.69) is 46.2 Å². The molecular formula is C26H28N6O. The first kappa shape index (κ1) is 21.4. The van der Waals surface area contributed by atoms with Gasteiger partial charge in [0.1, 0.15) is 11.5 Å². The number of methoxy groups -OCH3 is 1. The normalized spacial score (nSPS) is 13.4. The second-order valence-corrected chi connectivity index (χ2v) is 8.33. The number of nitrogens with zero attached hydrogens (tertiary/aromatic N) is 6. The Bertz CT molecular complexity index is 1240. The maximum atomic E-state index is 5.23. The van der Waals surface area contributed by atoms with Crippen LogP contribution < -0.4 is 0 Å². The van der Waals surface area contributed by atoms with Gasteiger partial charge in [-0.25, -0.2) is 9.97 Å². The monoisotopic (exact) mass is 440 g/mol. The van der Waals surface area contributed by atoms with E-state index >= 15 is 0 Å². The third-order valence-electron chi connectivity index (χ3n) is 6.03. The molecule has 0 N–H and O–H groups in total. The zero-order valence-corrected chi connectivity index (χ0v) is 19.1. The fourth-order valence-electron chi connectivity index (χ4n) is 4.31. The van der Waals surface area contributed by atoms with Crippen molar-refractivity contribution in [2.45, 2.75) is 33.0 Å². The van der Waals surface area contributed by atoms with Crippen LogP contribution in [0.5, 0.6) is 0 Å². The summed E-state index contributed by atoms with van der Waals surface area (Å²) in [5.41, 5.74) is 7.78. The van der Waals surface area contributed by atoms with Crippen molar-refractivity contribution in [3.63, 3.8) is 0 Å². The second-order valence-electron chi connectivity index (χ2n) is 8.33. The molecule has 1 aliphatic heterocycles. The minimum absolute atomic E-state index is 0.698. The van der Waals surface area contributed by atoms with Gasteiger partial charge < -0.3 is 4.74 Å². The van der Waals surface area contributed by atoms with Gasteiger partial charge >= 0.3 is 0 Å². The number of aryl methyl sites for hydroxylation is 1. The molecular weight excluding hydrogens is 412 g/mol. The lowest BCUT2D eigenvalue weighted by molar-refractivity contribution is 0.147. The summed E-state index contributed by atoms with van der Waals surface area (Å²) in [6.07, 6.45) is 8.21. The zero-order valence-electron chi connectivity index (χ0n) is 19.1. The molecule has 5 rings (SSSR count). The van der Waals surface area contributed by atoms with Crippen molar-refractivity contribution in [1.82, 2.24) is 29.6 Å². The van der Waals surface area contributed by atoms with Crippen LogP contribution in [-0.2, 0) is 30.8 Å². The molecule has 168 valence electrons. The Morgan fingerprint density at radius 3 is 2.79 bits per heavy atom. The maximum absolute atomic E-state index is 5.23. The number of benzene rings is 1. The van der Waals surface area contributed by atoms with Crippen LogP contribution in [0, 0.1) is 0 Å². The van der Waals surface area contributed by atoms with Crippen molar-refractivity contribution >= 4 is 0 Å². The Morgan fingerprint density at radius 2 is 1.97 bits per heavy atom. The van der Waals surface area contributed by atoms with Gasteiger partial charge in [0.05, 0.1) is 12.3 Å². The Kier molecular flexibility index (Phi) is 6.24. The van der Waals surface area contributed by atoms with Crippen LogP contribution in [0.1, 0.15) is 29.4 Å². The van der Waals surface area contributed by atoms with Crippen LogP contribution in [0.2, 0.25) is 0 Å². The van der Waals surface area contributed by atoms with Crippen molar-refractivity contribution in [2.75, 3.05) is 20.3 Å². The number of hydrogen-bond acceptors (Lipinski definition) is 6. The van der Waals surface area contributed by atoms with E-state index in [4.69, 9.17) is 14.8 Å². The molecule has 3 aromatic heterocycles. The average Bonchev–Trinajstić information content (AvgIpc) is 3.47. The largest absolute Gasteiger partial charge is 0.383 e. The van der Waals surface area contributed by atoms with E-state index < -0.39 is 0 Å². The summed E-state index contributed by atoms with van der Waals surface area (Å²) in [7, 11) is 1.75. The summed E-state index contributed by atoms with van der Waals surface area (Å²) >= 11 is 0. The first-order chi connectivity index (χ1) is 16.2. The molecule has 0 aliphatic carbocycles.